The fourth-order valence-electron chi connectivity index (χ4n) is 1.76. The number of aromatic nitrogens is 2. The van der Waals surface area contributed by atoms with Gasteiger partial charge < -0.3 is 0 Å². The normalized spacial score (nSPS) is 10.6. The summed E-state index contributed by atoms with van der Waals surface area (Å²) in [5, 5.41) is 0.168. The van der Waals surface area contributed by atoms with Crippen molar-refractivity contribution in [3.63, 3.8) is 0 Å². The number of halogens is 2. The third-order valence-electron chi connectivity index (χ3n) is 2.66. The highest BCUT2D eigenvalue weighted by Gasteiger charge is 2.09. The topological polar surface area (TPSA) is 34.9 Å². The summed E-state index contributed by atoms with van der Waals surface area (Å²) in [4.78, 5) is 15.9. The van der Waals surface area contributed by atoms with Crippen molar-refractivity contribution in [1.82, 2.24) is 9.55 Å². The molecule has 1 aromatic carbocycles. The van der Waals surface area contributed by atoms with Crippen molar-refractivity contribution in [1.29, 1.82) is 0 Å². The van der Waals surface area contributed by atoms with E-state index in [-0.39, 0.29) is 23.1 Å². The lowest BCUT2D eigenvalue weighted by Crippen LogP contribution is -2.25. The Morgan fingerprint density at radius 3 is 2.78 bits per heavy atom. The molecule has 94 valence electrons. The second-order valence-corrected chi connectivity index (χ2v) is 4.25. The van der Waals surface area contributed by atoms with Gasteiger partial charge in [0, 0.05) is 18.1 Å². The van der Waals surface area contributed by atoms with Crippen LogP contribution >= 0.6 is 11.6 Å². The Labute approximate surface area is 109 Å². The van der Waals surface area contributed by atoms with Crippen LogP contribution in [-0.4, -0.2) is 9.55 Å². The van der Waals surface area contributed by atoms with E-state index >= 15 is 0 Å². The van der Waals surface area contributed by atoms with Crippen LogP contribution in [0.4, 0.5) is 4.39 Å². The van der Waals surface area contributed by atoms with Crippen LogP contribution < -0.4 is 5.56 Å². The third-order valence-corrected chi connectivity index (χ3v) is 2.85. The molecule has 2 aromatic rings. The van der Waals surface area contributed by atoms with Gasteiger partial charge in [-0.3, -0.25) is 9.36 Å². The van der Waals surface area contributed by atoms with Crippen molar-refractivity contribution >= 4 is 11.6 Å². The fourth-order valence-corrected chi connectivity index (χ4v) is 1.95. The highest BCUT2D eigenvalue weighted by atomic mass is 35.5. The van der Waals surface area contributed by atoms with Crippen molar-refractivity contribution in [2.45, 2.75) is 19.9 Å². The van der Waals surface area contributed by atoms with Gasteiger partial charge in [-0.25, -0.2) is 9.37 Å². The summed E-state index contributed by atoms with van der Waals surface area (Å²) in [7, 11) is 0. The lowest BCUT2D eigenvalue weighted by molar-refractivity contribution is 0.585. The Morgan fingerprint density at radius 2 is 2.11 bits per heavy atom. The molecule has 0 bridgehead atoms. The summed E-state index contributed by atoms with van der Waals surface area (Å²) in [6.45, 7) is 2.04. The minimum absolute atomic E-state index is 0.166. The Kier molecular flexibility index (Phi) is 3.77. The van der Waals surface area contributed by atoms with Gasteiger partial charge in [-0.15, -0.1) is 0 Å². The standard InChI is InChI=1S/C13H12ClFN2O/c1-2-12-16-11(14)7-13(18)17(12)8-9-5-3-4-6-10(9)15/h3-7H,2,8H2,1H3. The lowest BCUT2D eigenvalue weighted by Gasteiger charge is -2.11. The average Bonchev–Trinajstić information content (AvgIpc) is 2.34. The molecule has 0 saturated carbocycles. The SMILES string of the molecule is CCc1nc(Cl)cc(=O)n1Cc1ccccc1F. The quantitative estimate of drug-likeness (QED) is 0.801. The molecule has 0 unspecified atom stereocenters. The van der Waals surface area contributed by atoms with Crippen LogP contribution in [-0.2, 0) is 13.0 Å². The number of aryl methyl sites for hydroxylation is 1. The van der Waals surface area contributed by atoms with Crippen LogP contribution in [0.5, 0.6) is 0 Å². The number of rotatable bonds is 3. The predicted molar refractivity (Wildman–Crippen MR) is 68.4 cm³/mol. The first-order valence-electron chi connectivity index (χ1n) is 5.61. The first-order valence-corrected chi connectivity index (χ1v) is 5.99. The maximum atomic E-state index is 13.6. The molecular formula is C13H12ClFN2O. The molecule has 18 heavy (non-hydrogen) atoms. The van der Waals surface area contributed by atoms with E-state index in [2.05, 4.69) is 4.98 Å². The molecule has 0 atom stereocenters. The van der Waals surface area contributed by atoms with Crippen molar-refractivity contribution < 1.29 is 4.39 Å². The Morgan fingerprint density at radius 1 is 1.39 bits per heavy atom. The molecule has 1 heterocycles. The van der Waals surface area contributed by atoms with Crippen LogP contribution in [0.25, 0.3) is 0 Å². The van der Waals surface area contributed by atoms with Crippen molar-refractivity contribution in [3.05, 3.63) is 63.0 Å². The van der Waals surface area contributed by atoms with Gasteiger partial charge in [-0.2, -0.15) is 0 Å². The number of benzene rings is 1. The molecule has 2 rings (SSSR count). The highest BCUT2D eigenvalue weighted by Crippen LogP contribution is 2.10. The lowest BCUT2D eigenvalue weighted by atomic mass is 10.2. The van der Waals surface area contributed by atoms with E-state index in [0.29, 0.717) is 17.8 Å². The summed E-state index contributed by atoms with van der Waals surface area (Å²) in [5.41, 5.74) is 0.188. The molecule has 0 amide bonds. The summed E-state index contributed by atoms with van der Waals surface area (Å²) in [6, 6.07) is 7.60. The first kappa shape index (κ1) is 12.8. The van der Waals surface area contributed by atoms with Gasteiger partial charge in [0.15, 0.2) is 0 Å². The number of hydrogen-bond donors (Lipinski definition) is 0. The minimum atomic E-state index is -0.332. The zero-order valence-corrected chi connectivity index (χ0v) is 10.6. The zero-order valence-electron chi connectivity index (χ0n) is 9.86. The largest absolute Gasteiger partial charge is 0.292 e. The molecule has 0 aliphatic carbocycles. The fraction of sp³-hybridized carbons (Fsp3) is 0.231. The molecule has 0 fully saturated rings. The zero-order chi connectivity index (χ0) is 13.1. The van der Waals surface area contributed by atoms with Crippen LogP contribution in [0, 0.1) is 5.82 Å². The highest BCUT2D eigenvalue weighted by molar-refractivity contribution is 6.29. The molecular weight excluding hydrogens is 255 g/mol. The van der Waals surface area contributed by atoms with Gasteiger partial charge in [-0.1, -0.05) is 36.7 Å². The summed E-state index contributed by atoms with van der Waals surface area (Å²) in [6.07, 6.45) is 0.560. The molecule has 0 saturated heterocycles. The summed E-state index contributed by atoms with van der Waals surface area (Å²) < 4.78 is 15.0. The molecule has 0 N–H and O–H groups in total. The monoisotopic (exact) mass is 266 g/mol. The maximum Gasteiger partial charge on any atom is 0.255 e. The van der Waals surface area contributed by atoms with Crippen LogP contribution in [0.15, 0.2) is 35.1 Å². The Balaban J connectivity index is 2.47. The van der Waals surface area contributed by atoms with Crippen LogP contribution in [0.3, 0.4) is 0 Å². The molecule has 0 radical (unpaired) electrons. The van der Waals surface area contributed by atoms with Gasteiger partial charge in [0.05, 0.1) is 6.54 Å². The second-order valence-electron chi connectivity index (χ2n) is 3.86. The Bertz CT molecular complexity index is 625. The molecule has 0 aliphatic rings. The second kappa shape index (κ2) is 5.31. The van der Waals surface area contributed by atoms with Gasteiger partial charge in [0.1, 0.15) is 16.8 Å². The number of hydrogen-bond acceptors (Lipinski definition) is 2. The molecule has 5 heteroatoms. The van der Waals surface area contributed by atoms with Gasteiger partial charge in [0.25, 0.3) is 5.56 Å². The van der Waals surface area contributed by atoms with E-state index < -0.39 is 0 Å². The van der Waals surface area contributed by atoms with Crippen LogP contribution in [0.2, 0.25) is 5.15 Å². The molecule has 1 aromatic heterocycles. The average molecular weight is 267 g/mol. The summed E-state index contributed by atoms with van der Waals surface area (Å²) >= 11 is 5.74. The molecule has 0 aliphatic heterocycles. The van der Waals surface area contributed by atoms with Crippen molar-refractivity contribution in [3.8, 4) is 0 Å². The first-order chi connectivity index (χ1) is 8.61. The van der Waals surface area contributed by atoms with E-state index in [0.717, 1.165) is 0 Å². The van der Waals surface area contributed by atoms with Crippen molar-refractivity contribution in [2.24, 2.45) is 0 Å². The minimum Gasteiger partial charge on any atom is -0.292 e. The maximum absolute atomic E-state index is 13.6. The Hall–Kier alpha value is -1.68. The van der Waals surface area contributed by atoms with E-state index in [9.17, 15) is 9.18 Å². The molecule has 3 nitrogen and oxygen atoms in total. The third kappa shape index (κ3) is 2.59. The van der Waals surface area contributed by atoms with E-state index in [1.165, 1.54) is 16.7 Å². The smallest absolute Gasteiger partial charge is 0.255 e. The van der Waals surface area contributed by atoms with Gasteiger partial charge in [0.2, 0.25) is 0 Å². The van der Waals surface area contributed by atoms with Gasteiger partial charge in [-0.05, 0) is 6.07 Å². The predicted octanol–water partition coefficient (Wildman–Crippen LogP) is 2.65. The van der Waals surface area contributed by atoms with E-state index in [4.69, 9.17) is 11.6 Å². The summed E-state index contributed by atoms with van der Waals surface area (Å²) in [5.74, 6) is 0.220. The molecule has 0 spiro atoms. The van der Waals surface area contributed by atoms with Crippen molar-refractivity contribution in [2.75, 3.05) is 0 Å². The van der Waals surface area contributed by atoms with Gasteiger partial charge >= 0.3 is 0 Å². The number of nitrogens with zero attached hydrogens (tertiary/aromatic N) is 2. The van der Waals surface area contributed by atoms with Crippen LogP contribution in [0.1, 0.15) is 18.3 Å². The van der Waals surface area contributed by atoms with E-state index in [1.807, 2.05) is 6.92 Å². The van der Waals surface area contributed by atoms with E-state index in [1.54, 1.807) is 18.2 Å².